The molecule has 4 rings (SSSR count). The van der Waals surface area contributed by atoms with Gasteiger partial charge in [0.15, 0.2) is 11.5 Å². The molecule has 0 aliphatic carbocycles. The van der Waals surface area contributed by atoms with Crippen LogP contribution in [0.4, 0.5) is 16.2 Å². The highest BCUT2D eigenvalue weighted by molar-refractivity contribution is 5.92. The summed E-state index contributed by atoms with van der Waals surface area (Å²) in [5.41, 5.74) is 1.87. The molecule has 2 aromatic carbocycles. The fourth-order valence-corrected chi connectivity index (χ4v) is 3.70. The first-order chi connectivity index (χ1) is 13.3. The van der Waals surface area contributed by atoms with Crippen molar-refractivity contribution in [3.05, 3.63) is 48.5 Å². The van der Waals surface area contributed by atoms with E-state index in [2.05, 4.69) is 41.4 Å². The number of ether oxygens (including phenoxy) is 2. The van der Waals surface area contributed by atoms with E-state index in [0.29, 0.717) is 36.9 Å². The molecule has 2 aliphatic rings. The van der Waals surface area contributed by atoms with Crippen LogP contribution in [-0.2, 0) is 0 Å². The van der Waals surface area contributed by atoms with Gasteiger partial charge >= 0.3 is 6.03 Å². The highest BCUT2D eigenvalue weighted by Crippen LogP contribution is 2.37. The number of hydrogen-bond acceptors (Lipinski definition) is 4. The molecule has 0 bridgehead atoms. The van der Waals surface area contributed by atoms with Gasteiger partial charge in [-0.3, -0.25) is 0 Å². The molecule has 1 atom stereocenters. The Balaban J connectivity index is 1.46. The van der Waals surface area contributed by atoms with E-state index in [4.69, 9.17) is 9.47 Å². The number of rotatable bonds is 3. The van der Waals surface area contributed by atoms with Gasteiger partial charge in [0.25, 0.3) is 0 Å². The number of carbonyl (C=O) groups is 1. The van der Waals surface area contributed by atoms with Gasteiger partial charge in [-0.05, 0) is 30.7 Å². The van der Waals surface area contributed by atoms with Crippen LogP contribution in [0.5, 0.6) is 11.5 Å². The van der Waals surface area contributed by atoms with Crippen LogP contribution in [0.15, 0.2) is 48.5 Å². The highest BCUT2D eigenvalue weighted by atomic mass is 16.6. The first-order valence-electron chi connectivity index (χ1n) is 9.52. The van der Waals surface area contributed by atoms with Crippen molar-refractivity contribution in [2.75, 3.05) is 43.1 Å². The lowest BCUT2D eigenvalue weighted by atomic mass is 10.1. The second-order valence-electron chi connectivity index (χ2n) is 6.80. The Kier molecular flexibility index (Phi) is 5.05. The van der Waals surface area contributed by atoms with E-state index < -0.39 is 0 Å². The molecule has 2 amide bonds. The molecule has 1 N–H and O–H groups in total. The van der Waals surface area contributed by atoms with Crippen LogP contribution in [-0.4, -0.2) is 49.8 Å². The molecular weight excluding hydrogens is 342 g/mol. The van der Waals surface area contributed by atoms with E-state index in [1.807, 2.05) is 29.2 Å². The Labute approximate surface area is 159 Å². The normalized spacial score (nSPS) is 18.9. The number of carbonyl (C=O) groups excluding carboxylic acids is 1. The predicted octanol–water partition coefficient (Wildman–Crippen LogP) is 3.59. The van der Waals surface area contributed by atoms with Gasteiger partial charge in [0, 0.05) is 25.3 Å². The molecular formula is C21H25N3O3. The average molecular weight is 367 g/mol. The highest BCUT2D eigenvalue weighted by Gasteiger charge is 2.30. The zero-order valence-corrected chi connectivity index (χ0v) is 15.6. The third-order valence-corrected chi connectivity index (χ3v) is 5.14. The summed E-state index contributed by atoms with van der Waals surface area (Å²) in [6.45, 7) is 5.49. The van der Waals surface area contributed by atoms with Gasteiger partial charge in [0.1, 0.15) is 13.2 Å². The third-order valence-electron chi connectivity index (χ3n) is 5.14. The number of hydrogen-bond donors (Lipinski definition) is 1. The summed E-state index contributed by atoms with van der Waals surface area (Å²) < 4.78 is 11.3. The molecule has 27 heavy (non-hydrogen) atoms. The maximum absolute atomic E-state index is 13.0. The van der Waals surface area contributed by atoms with Crippen molar-refractivity contribution < 1.29 is 14.3 Å². The van der Waals surface area contributed by atoms with Crippen LogP contribution in [0.25, 0.3) is 0 Å². The fraction of sp³-hybridized carbons (Fsp3) is 0.381. The van der Waals surface area contributed by atoms with Crippen LogP contribution in [0.3, 0.4) is 0 Å². The molecule has 1 unspecified atom stereocenters. The second kappa shape index (κ2) is 7.78. The Morgan fingerprint density at radius 1 is 1.07 bits per heavy atom. The van der Waals surface area contributed by atoms with Crippen molar-refractivity contribution in [1.82, 2.24) is 4.90 Å². The molecule has 2 aromatic rings. The maximum Gasteiger partial charge on any atom is 0.322 e. The van der Waals surface area contributed by atoms with Gasteiger partial charge in [0.2, 0.25) is 0 Å². The largest absolute Gasteiger partial charge is 0.486 e. The third kappa shape index (κ3) is 3.65. The zero-order valence-electron chi connectivity index (χ0n) is 15.6. The number of nitrogens with zero attached hydrogens (tertiary/aromatic N) is 2. The number of anilines is 2. The summed E-state index contributed by atoms with van der Waals surface area (Å²) in [5.74, 6) is 1.30. The first kappa shape index (κ1) is 17.5. The molecule has 1 fully saturated rings. The summed E-state index contributed by atoms with van der Waals surface area (Å²) in [6.07, 6.45) is 0.906. The topological polar surface area (TPSA) is 54.0 Å². The number of fused-ring (bicyclic) bond motifs is 1. The van der Waals surface area contributed by atoms with Crippen LogP contribution in [0.2, 0.25) is 0 Å². The molecule has 0 spiro atoms. The van der Waals surface area contributed by atoms with E-state index in [1.165, 1.54) is 5.69 Å². The van der Waals surface area contributed by atoms with Crippen molar-refractivity contribution in [2.45, 2.75) is 19.4 Å². The number of para-hydroxylation sites is 2. The van der Waals surface area contributed by atoms with E-state index in [9.17, 15) is 4.79 Å². The van der Waals surface area contributed by atoms with Crippen molar-refractivity contribution >= 4 is 17.4 Å². The Morgan fingerprint density at radius 3 is 2.70 bits per heavy atom. The lowest BCUT2D eigenvalue weighted by Gasteiger charge is -2.42. The van der Waals surface area contributed by atoms with E-state index in [-0.39, 0.29) is 12.1 Å². The Morgan fingerprint density at radius 2 is 1.89 bits per heavy atom. The first-order valence-corrected chi connectivity index (χ1v) is 9.52. The molecule has 6 heteroatoms. The quantitative estimate of drug-likeness (QED) is 0.901. The minimum Gasteiger partial charge on any atom is -0.486 e. The number of urea groups is 1. The van der Waals surface area contributed by atoms with Crippen molar-refractivity contribution in [1.29, 1.82) is 0 Å². The van der Waals surface area contributed by atoms with Crippen LogP contribution >= 0.6 is 0 Å². The Bertz CT molecular complexity index is 797. The van der Waals surface area contributed by atoms with Gasteiger partial charge in [-0.2, -0.15) is 0 Å². The molecule has 6 nitrogen and oxygen atoms in total. The number of piperazine rings is 1. The SMILES string of the molecule is CCC1CN(c2ccccc2)CCN1C(=O)Nc1cccc2c1OCCO2. The molecule has 2 heterocycles. The van der Waals surface area contributed by atoms with Crippen LogP contribution < -0.4 is 19.7 Å². The van der Waals surface area contributed by atoms with Gasteiger partial charge in [-0.15, -0.1) is 0 Å². The minimum absolute atomic E-state index is 0.0860. The molecule has 0 saturated carbocycles. The minimum atomic E-state index is -0.0860. The van der Waals surface area contributed by atoms with Crippen LogP contribution in [0.1, 0.15) is 13.3 Å². The van der Waals surface area contributed by atoms with Crippen molar-refractivity contribution in [3.63, 3.8) is 0 Å². The van der Waals surface area contributed by atoms with Gasteiger partial charge in [-0.25, -0.2) is 4.79 Å². The van der Waals surface area contributed by atoms with Crippen LogP contribution in [0, 0.1) is 0 Å². The lowest BCUT2D eigenvalue weighted by molar-refractivity contribution is 0.170. The summed E-state index contributed by atoms with van der Waals surface area (Å²) >= 11 is 0. The van der Waals surface area contributed by atoms with E-state index >= 15 is 0 Å². The van der Waals surface area contributed by atoms with E-state index in [0.717, 1.165) is 19.5 Å². The maximum atomic E-state index is 13.0. The number of amides is 2. The second-order valence-corrected chi connectivity index (χ2v) is 6.80. The summed E-state index contributed by atoms with van der Waals surface area (Å²) in [7, 11) is 0. The summed E-state index contributed by atoms with van der Waals surface area (Å²) in [5, 5.41) is 3.02. The smallest absolute Gasteiger partial charge is 0.322 e. The number of benzene rings is 2. The summed E-state index contributed by atoms with van der Waals surface area (Å²) in [4.78, 5) is 17.2. The summed E-state index contributed by atoms with van der Waals surface area (Å²) in [6, 6.07) is 16.0. The fourth-order valence-electron chi connectivity index (χ4n) is 3.70. The van der Waals surface area contributed by atoms with Crippen molar-refractivity contribution in [2.24, 2.45) is 0 Å². The monoisotopic (exact) mass is 367 g/mol. The predicted molar refractivity (Wildman–Crippen MR) is 106 cm³/mol. The standard InChI is InChI=1S/C21H25N3O3/c1-2-16-15-23(17-7-4-3-5-8-17)11-12-24(16)21(25)22-18-9-6-10-19-20(18)27-14-13-26-19/h3-10,16H,2,11-15H2,1H3,(H,22,25). The average Bonchev–Trinajstić information content (AvgIpc) is 2.74. The lowest BCUT2D eigenvalue weighted by Crippen LogP contribution is -2.56. The molecule has 0 aromatic heterocycles. The molecule has 0 radical (unpaired) electrons. The van der Waals surface area contributed by atoms with E-state index in [1.54, 1.807) is 0 Å². The zero-order chi connectivity index (χ0) is 18.6. The molecule has 1 saturated heterocycles. The Hall–Kier alpha value is -2.89. The van der Waals surface area contributed by atoms with Crippen molar-refractivity contribution in [3.8, 4) is 11.5 Å². The molecule has 2 aliphatic heterocycles. The van der Waals surface area contributed by atoms with Gasteiger partial charge in [0.05, 0.1) is 11.7 Å². The molecule has 142 valence electrons. The number of nitrogens with one attached hydrogen (secondary N) is 1. The van der Waals surface area contributed by atoms with Gasteiger partial charge in [-0.1, -0.05) is 31.2 Å². The van der Waals surface area contributed by atoms with Gasteiger partial charge < -0.3 is 24.6 Å².